The van der Waals surface area contributed by atoms with Gasteiger partial charge in [0.25, 0.3) is 0 Å². The van der Waals surface area contributed by atoms with Crippen LogP contribution in [-0.4, -0.2) is 6.29 Å². The van der Waals surface area contributed by atoms with Gasteiger partial charge < -0.3 is 0 Å². The Labute approximate surface area is 85.5 Å². The maximum atomic E-state index is 10.9. The van der Waals surface area contributed by atoms with Gasteiger partial charge in [0.15, 0.2) is 0 Å². The Hall–Kier alpha value is -1.37. The molecule has 0 unspecified atom stereocenters. The number of carbonyl (C=O) groups excluding carboxylic acids is 1. The van der Waals surface area contributed by atoms with Crippen LogP contribution < -0.4 is 0 Å². The van der Waals surface area contributed by atoms with Crippen LogP contribution in [0.2, 0.25) is 0 Å². The summed E-state index contributed by atoms with van der Waals surface area (Å²) in [5.74, 6) is 0. The van der Waals surface area contributed by atoms with Crippen molar-refractivity contribution in [3.05, 3.63) is 41.5 Å². The first-order valence-electron chi connectivity index (χ1n) is 4.76. The lowest BCUT2D eigenvalue weighted by Gasteiger charge is -2.18. The first-order chi connectivity index (χ1) is 6.54. The summed E-state index contributed by atoms with van der Waals surface area (Å²) < 4.78 is 0. The minimum Gasteiger partial charge on any atom is -0.298 e. The van der Waals surface area contributed by atoms with Crippen LogP contribution in [0.5, 0.6) is 0 Å². The molecule has 0 N–H and O–H groups in total. The molecule has 74 valence electrons. The molecule has 0 fully saturated rings. The van der Waals surface area contributed by atoms with Crippen molar-refractivity contribution >= 4 is 12.4 Å². The van der Waals surface area contributed by atoms with E-state index < -0.39 is 0 Å². The predicted octanol–water partition coefficient (Wildman–Crippen LogP) is 3.32. The van der Waals surface area contributed by atoms with Gasteiger partial charge in [0.05, 0.1) is 0 Å². The molecule has 0 aliphatic heterocycles. The van der Waals surface area contributed by atoms with E-state index in [0.717, 1.165) is 17.4 Å². The maximum Gasteiger partial charge on any atom is 0.146 e. The van der Waals surface area contributed by atoms with Crippen LogP contribution in [-0.2, 0) is 4.79 Å². The molecule has 1 heteroatoms. The molecule has 0 aliphatic rings. The highest BCUT2D eigenvalue weighted by Gasteiger charge is 2.15. The summed E-state index contributed by atoms with van der Waals surface area (Å²) >= 11 is 0. The molecule has 0 saturated carbocycles. The monoisotopic (exact) mass is 188 g/mol. The minimum atomic E-state index is -0.0857. The fourth-order valence-electron chi connectivity index (χ4n) is 1.16. The van der Waals surface area contributed by atoms with Crippen molar-refractivity contribution in [1.82, 2.24) is 0 Å². The fourth-order valence-corrected chi connectivity index (χ4v) is 1.16. The van der Waals surface area contributed by atoms with Gasteiger partial charge >= 0.3 is 0 Å². The van der Waals surface area contributed by atoms with E-state index in [-0.39, 0.29) is 5.41 Å². The van der Waals surface area contributed by atoms with E-state index in [1.807, 2.05) is 57.2 Å². The molecule has 0 aromatic heterocycles. The zero-order valence-electron chi connectivity index (χ0n) is 8.95. The van der Waals surface area contributed by atoms with E-state index in [4.69, 9.17) is 0 Å². The summed E-state index contributed by atoms with van der Waals surface area (Å²) in [4.78, 5) is 10.9. The summed E-state index contributed by atoms with van der Waals surface area (Å²) in [5, 5.41) is 0. The van der Waals surface area contributed by atoms with Gasteiger partial charge in [-0.3, -0.25) is 4.79 Å². The van der Waals surface area contributed by atoms with Gasteiger partial charge in [0.2, 0.25) is 0 Å². The second-order valence-electron chi connectivity index (χ2n) is 4.38. The van der Waals surface area contributed by atoms with E-state index in [0.29, 0.717) is 0 Å². The number of carbonyl (C=O) groups is 1. The average molecular weight is 188 g/mol. The van der Waals surface area contributed by atoms with E-state index in [2.05, 4.69) is 0 Å². The van der Waals surface area contributed by atoms with Crippen molar-refractivity contribution in [1.29, 1.82) is 0 Å². The Morgan fingerprint density at radius 1 is 1.14 bits per heavy atom. The molecule has 1 nitrogen and oxygen atoms in total. The SMILES string of the molecule is CC(C)(C)/C(C=O)=C\c1ccccc1. The van der Waals surface area contributed by atoms with Gasteiger partial charge in [0.1, 0.15) is 6.29 Å². The molecular formula is C13H16O. The van der Waals surface area contributed by atoms with Crippen molar-refractivity contribution < 1.29 is 4.79 Å². The van der Waals surface area contributed by atoms with Gasteiger partial charge in [-0.25, -0.2) is 0 Å². The Balaban J connectivity index is 3.02. The van der Waals surface area contributed by atoms with Crippen LogP contribution in [0.1, 0.15) is 26.3 Å². The molecule has 1 aromatic rings. The molecule has 1 rings (SSSR count). The number of rotatable bonds is 2. The molecule has 0 spiro atoms. The highest BCUT2D eigenvalue weighted by molar-refractivity contribution is 5.83. The highest BCUT2D eigenvalue weighted by Crippen LogP contribution is 2.25. The van der Waals surface area contributed by atoms with Crippen molar-refractivity contribution in [3.63, 3.8) is 0 Å². The molecule has 0 atom stereocenters. The first kappa shape index (κ1) is 10.7. The van der Waals surface area contributed by atoms with Crippen molar-refractivity contribution in [2.24, 2.45) is 5.41 Å². The van der Waals surface area contributed by atoms with Crippen LogP contribution in [0.25, 0.3) is 6.08 Å². The summed E-state index contributed by atoms with van der Waals surface area (Å²) in [6.07, 6.45) is 2.88. The lowest BCUT2D eigenvalue weighted by molar-refractivity contribution is -0.105. The van der Waals surface area contributed by atoms with Gasteiger partial charge in [-0.1, -0.05) is 51.1 Å². The van der Waals surface area contributed by atoms with Gasteiger partial charge in [-0.2, -0.15) is 0 Å². The second-order valence-corrected chi connectivity index (χ2v) is 4.38. The molecule has 14 heavy (non-hydrogen) atoms. The van der Waals surface area contributed by atoms with Crippen molar-refractivity contribution in [2.45, 2.75) is 20.8 Å². The first-order valence-corrected chi connectivity index (χ1v) is 4.76. The van der Waals surface area contributed by atoms with E-state index in [1.165, 1.54) is 0 Å². The number of allylic oxidation sites excluding steroid dienone is 1. The molecular weight excluding hydrogens is 172 g/mol. The van der Waals surface area contributed by atoms with E-state index in [9.17, 15) is 4.79 Å². The van der Waals surface area contributed by atoms with Crippen LogP contribution in [0.3, 0.4) is 0 Å². The Morgan fingerprint density at radius 2 is 1.71 bits per heavy atom. The van der Waals surface area contributed by atoms with Crippen molar-refractivity contribution in [2.75, 3.05) is 0 Å². The van der Waals surface area contributed by atoms with Crippen LogP contribution in [0, 0.1) is 5.41 Å². The Bertz CT molecular complexity index is 328. The summed E-state index contributed by atoms with van der Waals surface area (Å²) in [6, 6.07) is 9.90. The molecule has 0 amide bonds. The Kier molecular flexibility index (Phi) is 3.23. The number of hydrogen-bond acceptors (Lipinski definition) is 1. The largest absolute Gasteiger partial charge is 0.298 e. The second kappa shape index (κ2) is 4.23. The topological polar surface area (TPSA) is 17.1 Å². The molecule has 1 aromatic carbocycles. The molecule has 0 heterocycles. The van der Waals surface area contributed by atoms with Crippen molar-refractivity contribution in [3.8, 4) is 0 Å². The normalized spacial score (nSPS) is 12.6. The number of benzene rings is 1. The van der Waals surface area contributed by atoms with Crippen LogP contribution in [0.4, 0.5) is 0 Å². The van der Waals surface area contributed by atoms with E-state index in [1.54, 1.807) is 0 Å². The zero-order chi connectivity index (χ0) is 10.6. The molecule has 0 radical (unpaired) electrons. The Morgan fingerprint density at radius 3 is 2.14 bits per heavy atom. The summed E-state index contributed by atoms with van der Waals surface area (Å²) in [5.41, 5.74) is 1.81. The lowest BCUT2D eigenvalue weighted by atomic mass is 9.86. The molecule has 0 aliphatic carbocycles. The third-order valence-corrected chi connectivity index (χ3v) is 2.11. The smallest absolute Gasteiger partial charge is 0.146 e. The maximum absolute atomic E-state index is 10.9. The molecule has 0 saturated heterocycles. The lowest BCUT2D eigenvalue weighted by Crippen LogP contribution is -2.10. The summed E-state index contributed by atoms with van der Waals surface area (Å²) in [6.45, 7) is 6.11. The van der Waals surface area contributed by atoms with Crippen LogP contribution in [0.15, 0.2) is 35.9 Å². The fraction of sp³-hybridized carbons (Fsp3) is 0.308. The van der Waals surface area contributed by atoms with E-state index >= 15 is 0 Å². The third kappa shape index (κ3) is 2.84. The summed E-state index contributed by atoms with van der Waals surface area (Å²) in [7, 11) is 0. The zero-order valence-corrected chi connectivity index (χ0v) is 8.95. The average Bonchev–Trinajstić information content (AvgIpc) is 2.14. The standard InChI is InChI=1S/C13H16O/c1-13(2,3)12(10-14)9-11-7-5-4-6-8-11/h4-10H,1-3H3/b12-9-. The van der Waals surface area contributed by atoms with Gasteiger partial charge in [0, 0.05) is 0 Å². The minimum absolute atomic E-state index is 0.0857. The quantitative estimate of drug-likeness (QED) is 0.514. The van der Waals surface area contributed by atoms with Gasteiger partial charge in [-0.15, -0.1) is 0 Å². The number of hydrogen-bond donors (Lipinski definition) is 0. The predicted molar refractivity (Wildman–Crippen MR) is 59.9 cm³/mol. The van der Waals surface area contributed by atoms with Gasteiger partial charge in [-0.05, 0) is 22.6 Å². The third-order valence-electron chi connectivity index (χ3n) is 2.11. The highest BCUT2D eigenvalue weighted by atomic mass is 16.1. The number of aldehydes is 1. The molecule has 0 bridgehead atoms. The van der Waals surface area contributed by atoms with Crippen LogP contribution >= 0.6 is 0 Å².